The minimum Gasteiger partial charge on any atom is -0.353 e. The van der Waals surface area contributed by atoms with E-state index in [1.165, 1.54) is 12.3 Å². The number of carbonyl (C=O) groups is 2. The Balaban J connectivity index is 1.61. The molecular formula is C25H33N5O4. The molecular weight excluding hydrogens is 434 g/mol. The molecule has 34 heavy (non-hydrogen) atoms. The topological polar surface area (TPSA) is 109 Å². The summed E-state index contributed by atoms with van der Waals surface area (Å²) in [5.41, 5.74) is 1.61. The first-order valence-corrected chi connectivity index (χ1v) is 11.5. The largest absolute Gasteiger partial charge is 0.353 e. The quantitative estimate of drug-likeness (QED) is 0.515. The van der Waals surface area contributed by atoms with Gasteiger partial charge in [-0.15, -0.1) is 0 Å². The van der Waals surface area contributed by atoms with Crippen LogP contribution in [0.3, 0.4) is 0 Å². The van der Waals surface area contributed by atoms with E-state index in [0.29, 0.717) is 37.6 Å². The first-order chi connectivity index (χ1) is 16.0. The second kappa shape index (κ2) is 10.2. The normalized spacial score (nSPS) is 15.2. The highest BCUT2D eigenvalue weighted by molar-refractivity contribution is 5.97. The van der Waals surface area contributed by atoms with Crippen LogP contribution in [0.15, 0.2) is 42.6 Å². The number of hydrogen-bond donors (Lipinski definition) is 1. The molecule has 0 bridgehead atoms. The Labute approximate surface area is 200 Å². The third-order valence-electron chi connectivity index (χ3n) is 6.09. The van der Waals surface area contributed by atoms with Crippen LogP contribution < -0.4 is 10.2 Å². The lowest BCUT2D eigenvalue weighted by Gasteiger charge is -2.37. The highest BCUT2D eigenvalue weighted by Crippen LogP contribution is 2.22. The van der Waals surface area contributed by atoms with Gasteiger partial charge in [0.15, 0.2) is 0 Å². The van der Waals surface area contributed by atoms with Gasteiger partial charge in [0.2, 0.25) is 5.91 Å². The van der Waals surface area contributed by atoms with E-state index in [0.717, 1.165) is 5.56 Å². The van der Waals surface area contributed by atoms with Crippen molar-refractivity contribution in [2.24, 2.45) is 5.92 Å². The molecule has 0 aliphatic carbocycles. The molecule has 2 heterocycles. The summed E-state index contributed by atoms with van der Waals surface area (Å²) in [5.74, 6) is 0.206. The van der Waals surface area contributed by atoms with Crippen molar-refractivity contribution in [2.45, 2.75) is 46.1 Å². The summed E-state index contributed by atoms with van der Waals surface area (Å²) >= 11 is 0. The van der Waals surface area contributed by atoms with Gasteiger partial charge in [0.1, 0.15) is 18.1 Å². The Kier molecular flexibility index (Phi) is 7.54. The predicted molar refractivity (Wildman–Crippen MR) is 131 cm³/mol. The summed E-state index contributed by atoms with van der Waals surface area (Å²) in [6.07, 6.45) is 1.24. The van der Waals surface area contributed by atoms with Crippen LogP contribution in [0.25, 0.3) is 0 Å². The molecule has 1 saturated heterocycles. The van der Waals surface area contributed by atoms with E-state index in [2.05, 4.69) is 31.1 Å². The van der Waals surface area contributed by atoms with Crippen LogP contribution in [-0.2, 0) is 10.2 Å². The van der Waals surface area contributed by atoms with E-state index in [4.69, 9.17) is 0 Å². The molecule has 1 aromatic heterocycles. The van der Waals surface area contributed by atoms with Crippen molar-refractivity contribution in [3.8, 4) is 0 Å². The monoisotopic (exact) mass is 467 g/mol. The van der Waals surface area contributed by atoms with Crippen LogP contribution in [0, 0.1) is 16.0 Å². The number of anilines is 1. The van der Waals surface area contributed by atoms with Crippen molar-refractivity contribution in [3.63, 3.8) is 0 Å². The number of pyridine rings is 1. The number of aromatic nitrogens is 1. The highest BCUT2D eigenvalue weighted by Gasteiger charge is 2.31. The number of nitro groups is 1. The van der Waals surface area contributed by atoms with Crippen molar-refractivity contribution in [2.75, 3.05) is 31.1 Å². The Hall–Kier alpha value is -3.49. The van der Waals surface area contributed by atoms with Gasteiger partial charge in [0.05, 0.1) is 4.92 Å². The summed E-state index contributed by atoms with van der Waals surface area (Å²) in [6, 6.07) is 9.93. The van der Waals surface area contributed by atoms with Crippen molar-refractivity contribution in [3.05, 3.63) is 63.8 Å². The van der Waals surface area contributed by atoms with E-state index in [1.807, 2.05) is 30.9 Å². The van der Waals surface area contributed by atoms with Gasteiger partial charge in [-0.2, -0.15) is 0 Å². The molecule has 2 aromatic rings. The zero-order chi connectivity index (χ0) is 25.0. The van der Waals surface area contributed by atoms with Crippen LogP contribution in [0.4, 0.5) is 11.5 Å². The third kappa shape index (κ3) is 5.89. The summed E-state index contributed by atoms with van der Waals surface area (Å²) in [6.45, 7) is 12.3. The second-order valence-electron chi connectivity index (χ2n) is 9.97. The maximum Gasteiger partial charge on any atom is 0.287 e. The summed E-state index contributed by atoms with van der Waals surface area (Å²) < 4.78 is 0. The summed E-state index contributed by atoms with van der Waals surface area (Å²) in [5, 5.41) is 13.8. The van der Waals surface area contributed by atoms with Crippen LogP contribution in [0.2, 0.25) is 0 Å². The van der Waals surface area contributed by atoms with Crippen LogP contribution >= 0.6 is 0 Å². The number of rotatable bonds is 6. The molecule has 1 N–H and O–H groups in total. The Morgan fingerprint density at radius 3 is 2.12 bits per heavy atom. The third-order valence-corrected chi connectivity index (χ3v) is 6.09. The van der Waals surface area contributed by atoms with E-state index in [-0.39, 0.29) is 28.8 Å². The summed E-state index contributed by atoms with van der Waals surface area (Å²) in [4.78, 5) is 44.4. The zero-order valence-corrected chi connectivity index (χ0v) is 20.4. The Morgan fingerprint density at radius 1 is 1.03 bits per heavy atom. The average Bonchev–Trinajstić information content (AvgIpc) is 2.81. The molecule has 1 atom stereocenters. The van der Waals surface area contributed by atoms with E-state index in [9.17, 15) is 19.7 Å². The molecule has 0 radical (unpaired) electrons. The lowest BCUT2D eigenvalue weighted by Crippen LogP contribution is -2.56. The standard InChI is InChI=1S/C25H33N5O4/c1-17(2)22(27-23(31)18-6-8-19(9-7-18)25(3,4)5)24(32)29-14-12-28(13-15-29)21-11-10-20(16-26-21)30(33)34/h6-11,16-17,22H,12-15H2,1-5H3,(H,27,31). The minimum absolute atomic E-state index is 0.00241. The average molecular weight is 468 g/mol. The van der Waals surface area contributed by atoms with Gasteiger partial charge < -0.3 is 15.1 Å². The molecule has 1 fully saturated rings. The van der Waals surface area contributed by atoms with Gasteiger partial charge in [-0.3, -0.25) is 19.7 Å². The van der Waals surface area contributed by atoms with Gasteiger partial charge in [-0.05, 0) is 35.1 Å². The van der Waals surface area contributed by atoms with Gasteiger partial charge in [0.25, 0.3) is 11.6 Å². The molecule has 1 aliphatic rings. The molecule has 2 amide bonds. The highest BCUT2D eigenvalue weighted by atomic mass is 16.6. The number of hydrogen-bond acceptors (Lipinski definition) is 6. The fourth-order valence-electron chi connectivity index (χ4n) is 3.89. The summed E-state index contributed by atoms with van der Waals surface area (Å²) in [7, 11) is 0. The Bertz CT molecular complexity index is 1020. The fourth-order valence-corrected chi connectivity index (χ4v) is 3.89. The first-order valence-electron chi connectivity index (χ1n) is 11.5. The zero-order valence-electron chi connectivity index (χ0n) is 20.4. The second-order valence-corrected chi connectivity index (χ2v) is 9.97. The van der Waals surface area contributed by atoms with E-state index < -0.39 is 11.0 Å². The van der Waals surface area contributed by atoms with Crippen molar-refractivity contribution in [1.29, 1.82) is 0 Å². The lowest BCUT2D eigenvalue weighted by atomic mass is 9.86. The van der Waals surface area contributed by atoms with Crippen molar-refractivity contribution >= 4 is 23.3 Å². The van der Waals surface area contributed by atoms with Crippen molar-refractivity contribution < 1.29 is 14.5 Å². The molecule has 0 spiro atoms. The number of nitrogens with one attached hydrogen (secondary N) is 1. The van der Waals surface area contributed by atoms with Gasteiger partial charge in [-0.1, -0.05) is 46.8 Å². The molecule has 182 valence electrons. The van der Waals surface area contributed by atoms with Crippen LogP contribution in [-0.4, -0.2) is 58.8 Å². The maximum atomic E-state index is 13.3. The number of amides is 2. The minimum atomic E-state index is -0.626. The Morgan fingerprint density at radius 2 is 1.65 bits per heavy atom. The van der Waals surface area contributed by atoms with Gasteiger partial charge >= 0.3 is 0 Å². The molecule has 0 saturated carbocycles. The predicted octanol–water partition coefficient (Wildman–Crippen LogP) is 3.39. The molecule has 1 aromatic carbocycles. The SMILES string of the molecule is CC(C)C(NC(=O)c1ccc(C(C)(C)C)cc1)C(=O)N1CCN(c2ccc([N+](=O)[O-])cn2)CC1. The smallest absolute Gasteiger partial charge is 0.287 e. The van der Waals surface area contributed by atoms with Crippen LogP contribution in [0.5, 0.6) is 0 Å². The first kappa shape index (κ1) is 25.1. The molecule has 3 rings (SSSR count). The van der Waals surface area contributed by atoms with Crippen LogP contribution in [0.1, 0.15) is 50.5 Å². The van der Waals surface area contributed by atoms with Crippen molar-refractivity contribution in [1.82, 2.24) is 15.2 Å². The molecule has 1 aliphatic heterocycles. The lowest BCUT2D eigenvalue weighted by molar-refractivity contribution is -0.385. The van der Waals surface area contributed by atoms with E-state index >= 15 is 0 Å². The number of carbonyl (C=O) groups excluding carboxylic acids is 2. The van der Waals surface area contributed by atoms with E-state index in [1.54, 1.807) is 23.1 Å². The number of nitrogens with zero attached hydrogens (tertiary/aromatic N) is 4. The molecule has 9 heteroatoms. The van der Waals surface area contributed by atoms with Gasteiger partial charge in [-0.25, -0.2) is 4.98 Å². The number of piperazine rings is 1. The molecule has 1 unspecified atom stereocenters. The van der Waals surface area contributed by atoms with Gasteiger partial charge in [0, 0.05) is 37.8 Å². The maximum absolute atomic E-state index is 13.3. The fraction of sp³-hybridized carbons (Fsp3) is 0.480. The molecule has 9 nitrogen and oxygen atoms in total. The number of benzene rings is 1.